The molecule has 3 rings (SSSR count). The van der Waals surface area contributed by atoms with Crippen LogP contribution in [0.25, 0.3) is 6.08 Å². The van der Waals surface area contributed by atoms with E-state index in [1.165, 1.54) is 43.9 Å². The van der Waals surface area contributed by atoms with E-state index in [1.54, 1.807) is 18.2 Å². The molecule has 1 amide bonds. The third-order valence-electron chi connectivity index (χ3n) is 4.75. The Morgan fingerprint density at radius 1 is 1.03 bits per heavy atom. The van der Waals surface area contributed by atoms with Gasteiger partial charge in [0.2, 0.25) is 0 Å². The second kappa shape index (κ2) is 12.2. The molecule has 2 aromatic rings. The van der Waals surface area contributed by atoms with Gasteiger partial charge in [-0.3, -0.25) is 4.79 Å². The van der Waals surface area contributed by atoms with Crippen molar-refractivity contribution in [3.63, 3.8) is 0 Å². The van der Waals surface area contributed by atoms with Crippen LogP contribution < -0.4 is 10.1 Å². The highest BCUT2D eigenvalue weighted by atomic mass is 35.5. The van der Waals surface area contributed by atoms with Crippen LogP contribution in [-0.4, -0.2) is 17.7 Å². The first-order chi connectivity index (χ1) is 15.1. The highest BCUT2D eigenvalue weighted by Gasteiger charge is 2.24. The molecule has 0 spiro atoms. The zero-order chi connectivity index (χ0) is 22.1. The van der Waals surface area contributed by atoms with Gasteiger partial charge in [0.05, 0.1) is 27.2 Å². The SMILES string of the molecule is CCCCCCCCOc1ccc(/C=C2\SC(=Nc3cccc(Cl)c3Cl)NC2=O)cc1. The first-order valence-corrected chi connectivity index (χ1v) is 12.1. The summed E-state index contributed by atoms with van der Waals surface area (Å²) in [5, 5.41) is 4.02. The fourth-order valence-corrected chi connectivity index (χ4v) is 4.23. The molecule has 31 heavy (non-hydrogen) atoms. The Kier molecular flexibility index (Phi) is 9.31. The van der Waals surface area contributed by atoms with Gasteiger partial charge in [0.1, 0.15) is 5.75 Å². The Labute approximate surface area is 198 Å². The average molecular weight is 477 g/mol. The molecule has 1 heterocycles. The predicted molar refractivity (Wildman–Crippen MR) is 133 cm³/mol. The smallest absolute Gasteiger partial charge is 0.264 e. The third-order valence-corrected chi connectivity index (χ3v) is 6.47. The Hall–Kier alpha value is -1.95. The van der Waals surface area contributed by atoms with Crippen LogP contribution in [0.5, 0.6) is 5.75 Å². The Morgan fingerprint density at radius 3 is 2.55 bits per heavy atom. The summed E-state index contributed by atoms with van der Waals surface area (Å²) in [7, 11) is 0. The van der Waals surface area contributed by atoms with Crippen molar-refractivity contribution < 1.29 is 9.53 Å². The number of thioether (sulfide) groups is 1. The second-order valence-corrected chi connectivity index (χ2v) is 9.06. The number of benzene rings is 2. The molecule has 0 saturated carbocycles. The number of amidine groups is 1. The van der Waals surface area contributed by atoms with Crippen LogP contribution in [-0.2, 0) is 4.79 Å². The van der Waals surface area contributed by atoms with Gasteiger partial charge in [0.25, 0.3) is 5.91 Å². The Bertz CT molecular complexity index is 959. The Morgan fingerprint density at radius 2 is 1.77 bits per heavy atom. The summed E-state index contributed by atoms with van der Waals surface area (Å²) < 4.78 is 5.82. The molecule has 1 saturated heterocycles. The van der Waals surface area contributed by atoms with E-state index in [0.29, 0.717) is 25.8 Å². The lowest BCUT2D eigenvalue weighted by molar-refractivity contribution is -0.115. The van der Waals surface area contributed by atoms with Crippen LogP contribution in [0.3, 0.4) is 0 Å². The standard InChI is InChI=1S/C24H26Cl2N2O2S/c1-2-3-4-5-6-7-15-30-18-13-11-17(12-14-18)16-21-23(29)28-24(31-21)27-20-10-8-9-19(25)22(20)26/h8-14,16H,2-7,15H2,1H3,(H,27,28,29)/b21-16-. The number of nitrogens with one attached hydrogen (secondary N) is 1. The van der Waals surface area contributed by atoms with Crippen LogP contribution in [0.4, 0.5) is 5.69 Å². The van der Waals surface area contributed by atoms with Crippen LogP contribution in [0.15, 0.2) is 52.4 Å². The molecule has 1 aliphatic rings. The van der Waals surface area contributed by atoms with Crippen molar-refractivity contribution in [1.82, 2.24) is 5.32 Å². The summed E-state index contributed by atoms with van der Waals surface area (Å²) in [5.74, 6) is 0.655. The first kappa shape index (κ1) is 23.7. The van der Waals surface area contributed by atoms with Crippen molar-refractivity contribution in [3.8, 4) is 5.75 Å². The summed E-state index contributed by atoms with van der Waals surface area (Å²) in [6.07, 6.45) is 9.28. The van der Waals surface area contributed by atoms with E-state index in [-0.39, 0.29) is 5.91 Å². The molecule has 1 N–H and O–H groups in total. The molecule has 0 aromatic heterocycles. The van der Waals surface area contributed by atoms with Gasteiger partial charge in [-0.1, -0.05) is 80.4 Å². The lowest BCUT2D eigenvalue weighted by Crippen LogP contribution is -2.19. The highest BCUT2D eigenvalue weighted by Crippen LogP contribution is 2.34. The summed E-state index contributed by atoms with van der Waals surface area (Å²) in [6, 6.07) is 13.0. The maximum atomic E-state index is 12.3. The number of aliphatic imine (C=N–C) groups is 1. The number of carbonyl (C=O) groups is 1. The number of hydrogen-bond acceptors (Lipinski definition) is 4. The fraction of sp³-hybridized carbons (Fsp3) is 0.333. The summed E-state index contributed by atoms with van der Waals surface area (Å²) in [6.45, 7) is 2.96. The number of amides is 1. The van der Waals surface area contributed by atoms with Crippen molar-refractivity contribution in [2.45, 2.75) is 45.4 Å². The maximum absolute atomic E-state index is 12.3. The number of ether oxygens (including phenoxy) is 1. The van der Waals surface area contributed by atoms with E-state index in [2.05, 4.69) is 17.2 Å². The van der Waals surface area contributed by atoms with Gasteiger partial charge in [-0.05, 0) is 54.1 Å². The molecule has 1 fully saturated rings. The van der Waals surface area contributed by atoms with Gasteiger partial charge < -0.3 is 10.1 Å². The van der Waals surface area contributed by atoms with Gasteiger partial charge in [-0.15, -0.1) is 0 Å². The lowest BCUT2D eigenvalue weighted by Gasteiger charge is -2.06. The summed E-state index contributed by atoms with van der Waals surface area (Å²) >= 11 is 13.5. The predicted octanol–water partition coefficient (Wildman–Crippen LogP) is 7.62. The zero-order valence-electron chi connectivity index (χ0n) is 17.5. The largest absolute Gasteiger partial charge is 0.494 e. The molecule has 164 valence electrons. The fourth-order valence-electron chi connectivity index (χ4n) is 3.05. The van der Waals surface area contributed by atoms with Crippen molar-refractivity contribution in [2.75, 3.05) is 6.61 Å². The van der Waals surface area contributed by atoms with E-state index < -0.39 is 0 Å². The van der Waals surface area contributed by atoms with Crippen LogP contribution in [0, 0.1) is 0 Å². The minimum atomic E-state index is -0.190. The van der Waals surface area contributed by atoms with E-state index >= 15 is 0 Å². The Balaban J connectivity index is 1.54. The van der Waals surface area contributed by atoms with Crippen molar-refractivity contribution in [1.29, 1.82) is 0 Å². The van der Waals surface area contributed by atoms with Crippen LogP contribution in [0.2, 0.25) is 10.0 Å². The maximum Gasteiger partial charge on any atom is 0.264 e. The van der Waals surface area contributed by atoms with E-state index in [1.807, 2.05) is 30.3 Å². The molecule has 1 aliphatic heterocycles. The van der Waals surface area contributed by atoms with Crippen molar-refractivity contribution in [2.24, 2.45) is 4.99 Å². The molecular weight excluding hydrogens is 451 g/mol. The topological polar surface area (TPSA) is 50.7 Å². The van der Waals surface area contributed by atoms with Gasteiger partial charge in [0, 0.05) is 0 Å². The number of unbranched alkanes of at least 4 members (excludes halogenated alkanes) is 5. The molecule has 0 radical (unpaired) electrons. The minimum Gasteiger partial charge on any atom is -0.494 e. The van der Waals surface area contributed by atoms with Crippen molar-refractivity contribution in [3.05, 3.63) is 63.0 Å². The van der Waals surface area contributed by atoms with Gasteiger partial charge in [-0.2, -0.15) is 0 Å². The monoisotopic (exact) mass is 476 g/mol. The summed E-state index contributed by atoms with van der Waals surface area (Å²) in [5.41, 5.74) is 1.44. The normalized spacial score (nSPS) is 16.2. The van der Waals surface area contributed by atoms with Gasteiger partial charge >= 0.3 is 0 Å². The molecule has 0 unspecified atom stereocenters. The summed E-state index contributed by atoms with van der Waals surface area (Å²) in [4.78, 5) is 17.3. The number of halogens is 2. The second-order valence-electron chi connectivity index (χ2n) is 7.24. The number of rotatable bonds is 10. The van der Waals surface area contributed by atoms with Crippen LogP contribution in [0.1, 0.15) is 51.0 Å². The minimum absolute atomic E-state index is 0.190. The number of hydrogen-bond donors (Lipinski definition) is 1. The molecule has 0 bridgehead atoms. The van der Waals surface area contributed by atoms with Gasteiger partial charge in [-0.25, -0.2) is 4.99 Å². The van der Waals surface area contributed by atoms with Crippen molar-refractivity contribution >= 4 is 57.8 Å². The van der Waals surface area contributed by atoms with Crippen LogP contribution >= 0.6 is 35.0 Å². The molecule has 0 aliphatic carbocycles. The lowest BCUT2D eigenvalue weighted by atomic mass is 10.1. The first-order valence-electron chi connectivity index (χ1n) is 10.5. The van der Waals surface area contributed by atoms with E-state index in [9.17, 15) is 4.79 Å². The zero-order valence-corrected chi connectivity index (χ0v) is 19.8. The number of carbonyl (C=O) groups excluding carboxylic acids is 1. The molecular formula is C24H26Cl2N2O2S. The quantitative estimate of drug-likeness (QED) is 0.283. The van der Waals surface area contributed by atoms with E-state index in [0.717, 1.165) is 24.3 Å². The van der Waals surface area contributed by atoms with Gasteiger partial charge in [0.15, 0.2) is 5.17 Å². The molecule has 2 aromatic carbocycles. The molecule has 7 heteroatoms. The average Bonchev–Trinajstić information content (AvgIpc) is 3.10. The molecule has 0 atom stereocenters. The highest BCUT2D eigenvalue weighted by molar-refractivity contribution is 8.18. The molecule has 4 nitrogen and oxygen atoms in total. The van der Waals surface area contributed by atoms with E-state index in [4.69, 9.17) is 27.9 Å². The third kappa shape index (κ3) is 7.30. The number of nitrogens with zero attached hydrogens (tertiary/aromatic N) is 1.